The lowest BCUT2D eigenvalue weighted by molar-refractivity contribution is -0.142. The van der Waals surface area contributed by atoms with Gasteiger partial charge in [-0.1, -0.05) is 26.2 Å². The van der Waals surface area contributed by atoms with Gasteiger partial charge >= 0.3 is 5.97 Å². The largest absolute Gasteiger partial charge is 0.481 e. The second-order valence-electron chi connectivity index (χ2n) is 6.66. The molecule has 3 N–H and O–H groups in total. The molecule has 1 saturated heterocycles. The molecule has 2 atom stereocenters. The molecular formula is C15H26N2O3. The number of likely N-dealkylation sites (tertiary alicyclic amines) is 1. The van der Waals surface area contributed by atoms with E-state index in [9.17, 15) is 9.59 Å². The number of aliphatic carboxylic acids is 1. The van der Waals surface area contributed by atoms with Crippen molar-refractivity contribution in [2.75, 3.05) is 19.6 Å². The van der Waals surface area contributed by atoms with Gasteiger partial charge in [0.15, 0.2) is 0 Å². The maximum absolute atomic E-state index is 12.5. The number of carbonyl (C=O) groups is 2. The molecule has 1 heterocycles. The summed E-state index contributed by atoms with van der Waals surface area (Å²) in [4.78, 5) is 25.3. The predicted octanol–water partition coefficient (Wildman–Crippen LogP) is 1.46. The number of rotatable bonds is 4. The molecule has 114 valence electrons. The highest BCUT2D eigenvalue weighted by Gasteiger charge is 2.40. The number of hydrogen-bond donors (Lipinski definition) is 2. The quantitative estimate of drug-likeness (QED) is 0.817. The second kappa shape index (κ2) is 6.12. The molecule has 2 unspecified atom stereocenters. The normalized spacial score (nSPS) is 29.4. The van der Waals surface area contributed by atoms with E-state index in [0.29, 0.717) is 26.1 Å². The maximum Gasteiger partial charge on any atom is 0.308 e. The Morgan fingerprint density at radius 1 is 1.25 bits per heavy atom. The summed E-state index contributed by atoms with van der Waals surface area (Å²) in [6, 6.07) is 0. The third-order valence-corrected chi connectivity index (χ3v) is 5.16. The summed E-state index contributed by atoms with van der Waals surface area (Å²) in [5.41, 5.74) is 5.88. The number of nitrogens with two attached hydrogens (primary N) is 1. The molecular weight excluding hydrogens is 256 g/mol. The van der Waals surface area contributed by atoms with Crippen LogP contribution in [0.25, 0.3) is 0 Å². The first-order chi connectivity index (χ1) is 9.47. The van der Waals surface area contributed by atoms with Crippen molar-refractivity contribution in [3.8, 4) is 0 Å². The van der Waals surface area contributed by atoms with Gasteiger partial charge in [-0.05, 0) is 30.7 Å². The zero-order valence-corrected chi connectivity index (χ0v) is 12.3. The zero-order chi connectivity index (χ0) is 14.8. The highest BCUT2D eigenvalue weighted by molar-refractivity contribution is 5.79. The van der Waals surface area contributed by atoms with Crippen molar-refractivity contribution in [2.45, 2.75) is 45.4 Å². The fourth-order valence-electron chi connectivity index (χ4n) is 3.68. The third-order valence-electron chi connectivity index (χ3n) is 5.16. The van der Waals surface area contributed by atoms with Gasteiger partial charge in [0.05, 0.1) is 5.92 Å². The van der Waals surface area contributed by atoms with Crippen molar-refractivity contribution >= 4 is 11.9 Å². The zero-order valence-electron chi connectivity index (χ0n) is 12.3. The first-order valence-corrected chi connectivity index (χ1v) is 7.68. The van der Waals surface area contributed by atoms with Gasteiger partial charge < -0.3 is 15.7 Å². The highest BCUT2D eigenvalue weighted by atomic mass is 16.4. The Hall–Kier alpha value is -1.10. The van der Waals surface area contributed by atoms with Crippen LogP contribution in [0, 0.1) is 17.3 Å². The van der Waals surface area contributed by atoms with Gasteiger partial charge in [0, 0.05) is 19.5 Å². The van der Waals surface area contributed by atoms with E-state index in [1.807, 2.05) is 6.92 Å². The molecule has 0 aromatic carbocycles. The highest BCUT2D eigenvalue weighted by Crippen LogP contribution is 2.39. The van der Waals surface area contributed by atoms with Gasteiger partial charge in [-0.3, -0.25) is 9.59 Å². The van der Waals surface area contributed by atoms with E-state index in [0.717, 1.165) is 25.7 Å². The van der Waals surface area contributed by atoms with Crippen molar-refractivity contribution in [3.05, 3.63) is 0 Å². The maximum atomic E-state index is 12.5. The van der Waals surface area contributed by atoms with E-state index in [4.69, 9.17) is 10.8 Å². The minimum absolute atomic E-state index is 0.0385. The first kappa shape index (κ1) is 15.3. The van der Waals surface area contributed by atoms with Crippen molar-refractivity contribution < 1.29 is 14.7 Å². The Bertz CT molecular complexity index is 377. The Morgan fingerprint density at radius 3 is 2.40 bits per heavy atom. The molecule has 0 aromatic heterocycles. The molecule has 0 radical (unpaired) electrons. The number of hydrogen-bond acceptors (Lipinski definition) is 3. The Labute approximate surface area is 120 Å². The lowest BCUT2D eigenvalue weighted by atomic mass is 9.71. The molecule has 2 fully saturated rings. The lowest BCUT2D eigenvalue weighted by Gasteiger charge is -2.36. The number of carboxylic acid groups (broad SMARTS) is 1. The van der Waals surface area contributed by atoms with Crippen LogP contribution in [-0.4, -0.2) is 41.5 Å². The smallest absolute Gasteiger partial charge is 0.308 e. The van der Waals surface area contributed by atoms with Gasteiger partial charge in [-0.2, -0.15) is 0 Å². The van der Waals surface area contributed by atoms with Crippen molar-refractivity contribution in [1.82, 2.24) is 4.90 Å². The van der Waals surface area contributed by atoms with Crippen LogP contribution in [0.1, 0.15) is 45.4 Å². The molecule has 20 heavy (non-hydrogen) atoms. The first-order valence-electron chi connectivity index (χ1n) is 7.68. The van der Waals surface area contributed by atoms with Gasteiger partial charge in [-0.15, -0.1) is 0 Å². The summed E-state index contributed by atoms with van der Waals surface area (Å²) in [5, 5.41) is 9.14. The van der Waals surface area contributed by atoms with E-state index in [2.05, 4.69) is 0 Å². The molecule has 2 rings (SSSR count). The Balaban J connectivity index is 1.96. The fraction of sp³-hybridized carbons (Fsp3) is 0.867. The summed E-state index contributed by atoms with van der Waals surface area (Å²) in [6.07, 6.45) is 6.08. The Kier molecular flexibility index (Phi) is 4.68. The van der Waals surface area contributed by atoms with Crippen molar-refractivity contribution in [2.24, 2.45) is 23.0 Å². The summed E-state index contributed by atoms with van der Waals surface area (Å²) in [6.45, 7) is 3.39. The van der Waals surface area contributed by atoms with E-state index < -0.39 is 11.9 Å². The van der Waals surface area contributed by atoms with E-state index in [1.54, 1.807) is 4.90 Å². The monoisotopic (exact) mass is 282 g/mol. The molecule has 5 nitrogen and oxygen atoms in total. The molecule has 0 spiro atoms. The Morgan fingerprint density at radius 2 is 1.90 bits per heavy atom. The van der Waals surface area contributed by atoms with Crippen LogP contribution >= 0.6 is 0 Å². The molecule has 5 heteroatoms. The van der Waals surface area contributed by atoms with Gasteiger partial charge in [0.25, 0.3) is 0 Å². The minimum atomic E-state index is -0.793. The molecule has 1 aliphatic carbocycles. The summed E-state index contributed by atoms with van der Waals surface area (Å²) >= 11 is 0. The summed E-state index contributed by atoms with van der Waals surface area (Å²) < 4.78 is 0. The summed E-state index contributed by atoms with van der Waals surface area (Å²) in [5.74, 6) is -1.08. The van der Waals surface area contributed by atoms with Crippen LogP contribution < -0.4 is 5.73 Å². The number of amides is 1. The van der Waals surface area contributed by atoms with E-state index in [-0.39, 0.29) is 17.2 Å². The van der Waals surface area contributed by atoms with Gasteiger partial charge in [0.2, 0.25) is 5.91 Å². The van der Waals surface area contributed by atoms with E-state index in [1.165, 1.54) is 6.42 Å². The standard InChI is InChI=1S/C15H26N2O3/c1-11-8-17(9-12(11)14(19)20)13(18)7-15(10-16)5-3-2-4-6-15/h11-12H,2-10,16H2,1H3,(H,19,20). The average Bonchev–Trinajstić information content (AvgIpc) is 2.82. The molecule has 1 amide bonds. The van der Waals surface area contributed by atoms with Crippen LogP contribution in [0.15, 0.2) is 0 Å². The molecule has 2 aliphatic rings. The number of nitrogens with zero attached hydrogens (tertiary/aromatic N) is 1. The molecule has 1 saturated carbocycles. The van der Waals surface area contributed by atoms with Crippen LogP contribution in [0.5, 0.6) is 0 Å². The van der Waals surface area contributed by atoms with E-state index >= 15 is 0 Å². The van der Waals surface area contributed by atoms with Crippen LogP contribution in [-0.2, 0) is 9.59 Å². The third kappa shape index (κ3) is 3.14. The number of carboxylic acids is 1. The fourth-order valence-corrected chi connectivity index (χ4v) is 3.68. The molecule has 0 bridgehead atoms. The minimum Gasteiger partial charge on any atom is -0.481 e. The van der Waals surface area contributed by atoms with Gasteiger partial charge in [0.1, 0.15) is 0 Å². The topological polar surface area (TPSA) is 83.6 Å². The SMILES string of the molecule is CC1CN(C(=O)CC2(CN)CCCCC2)CC1C(=O)O. The van der Waals surface area contributed by atoms with Crippen LogP contribution in [0.2, 0.25) is 0 Å². The van der Waals surface area contributed by atoms with Crippen LogP contribution in [0.3, 0.4) is 0 Å². The van der Waals surface area contributed by atoms with Crippen molar-refractivity contribution in [1.29, 1.82) is 0 Å². The average molecular weight is 282 g/mol. The predicted molar refractivity (Wildman–Crippen MR) is 76.1 cm³/mol. The number of carbonyl (C=O) groups excluding carboxylic acids is 1. The molecule has 1 aliphatic heterocycles. The van der Waals surface area contributed by atoms with Crippen LogP contribution in [0.4, 0.5) is 0 Å². The second-order valence-corrected chi connectivity index (χ2v) is 6.66. The summed E-state index contributed by atoms with van der Waals surface area (Å²) in [7, 11) is 0. The lowest BCUT2D eigenvalue weighted by Crippen LogP contribution is -2.40. The molecule has 0 aromatic rings. The van der Waals surface area contributed by atoms with Gasteiger partial charge in [-0.25, -0.2) is 0 Å². The van der Waals surface area contributed by atoms with Crippen molar-refractivity contribution in [3.63, 3.8) is 0 Å².